The number of nitrogens with zero attached hydrogens (tertiary/aromatic N) is 3. The molecule has 0 saturated carbocycles. The lowest BCUT2D eigenvalue weighted by Crippen LogP contribution is -2.37. The molecule has 2 amide bonds. The third-order valence-corrected chi connectivity index (χ3v) is 2.08. The van der Waals surface area contributed by atoms with Crippen molar-refractivity contribution in [2.24, 2.45) is 0 Å². The minimum absolute atomic E-state index is 0.211. The van der Waals surface area contributed by atoms with Crippen molar-refractivity contribution in [2.45, 2.75) is 0 Å². The molecule has 0 saturated heterocycles. The van der Waals surface area contributed by atoms with Crippen LogP contribution in [0.5, 0.6) is 0 Å². The second-order valence-corrected chi connectivity index (χ2v) is 3.68. The van der Waals surface area contributed by atoms with Gasteiger partial charge in [0, 0.05) is 27.2 Å². The van der Waals surface area contributed by atoms with Crippen LogP contribution in [0.25, 0.3) is 0 Å². The first-order chi connectivity index (χ1) is 8.52. The van der Waals surface area contributed by atoms with Gasteiger partial charge in [-0.1, -0.05) is 0 Å². The van der Waals surface area contributed by atoms with Gasteiger partial charge in [-0.2, -0.15) is 0 Å². The zero-order valence-corrected chi connectivity index (χ0v) is 10.2. The molecule has 0 atom stereocenters. The predicted molar refractivity (Wildman–Crippen MR) is 66.5 cm³/mol. The van der Waals surface area contributed by atoms with Gasteiger partial charge in [-0.25, -0.2) is 4.79 Å². The summed E-state index contributed by atoms with van der Waals surface area (Å²) in [5, 5.41) is 16.2. The first-order valence-electron chi connectivity index (χ1n) is 5.31. The molecular weight excluding hydrogens is 238 g/mol. The Balaban J connectivity index is 2.45. The molecule has 1 heterocycles. The van der Waals surface area contributed by atoms with Crippen LogP contribution in [-0.4, -0.2) is 48.0 Å². The van der Waals surface area contributed by atoms with Gasteiger partial charge >= 0.3 is 11.8 Å². The molecule has 0 bridgehead atoms. The van der Waals surface area contributed by atoms with E-state index in [1.807, 2.05) is 0 Å². The van der Waals surface area contributed by atoms with E-state index in [-0.39, 0.29) is 11.8 Å². The number of rotatable bonds is 5. The number of hydrogen-bond donors (Lipinski definition) is 2. The van der Waals surface area contributed by atoms with Gasteiger partial charge in [-0.05, 0) is 22.0 Å². The predicted octanol–water partition coefficient (Wildman–Crippen LogP) is 0.673. The summed E-state index contributed by atoms with van der Waals surface area (Å²) in [7, 11) is 3.27. The molecule has 0 spiro atoms. The van der Waals surface area contributed by atoms with Gasteiger partial charge in [-0.3, -0.25) is 0 Å². The zero-order chi connectivity index (χ0) is 13.5. The summed E-state index contributed by atoms with van der Waals surface area (Å²) in [6.07, 6.45) is 1.36. The van der Waals surface area contributed by atoms with E-state index in [0.717, 1.165) is 0 Å². The first kappa shape index (κ1) is 13.7. The van der Waals surface area contributed by atoms with Crippen molar-refractivity contribution in [1.82, 2.24) is 15.2 Å². The molecule has 1 aromatic rings. The highest BCUT2D eigenvalue weighted by atomic mass is 16.6. The Morgan fingerprint density at radius 1 is 1.50 bits per heavy atom. The van der Waals surface area contributed by atoms with Gasteiger partial charge in [0.1, 0.15) is 11.9 Å². The lowest BCUT2D eigenvalue weighted by Gasteiger charge is -2.12. The second kappa shape index (κ2) is 6.38. The first-order valence-corrected chi connectivity index (χ1v) is 5.31. The standard InChI is InChI=1S/C10H15N5O3/c1-14(2)10(16)13-7-6-11-8-4-3-5-12-9(8)15(17)18/h3-5,11H,6-7H2,1-2H3,(H,13,16). The van der Waals surface area contributed by atoms with Crippen LogP contribution in [0.4, 0.5) is 16.3 Å². The maximum Gasteiger partial charge on any atom is 0.386 e. The number of carbonyl (C=O) groups excluding carboxylic acids is 1. The van der Waals surface area contributed by atoms with Crippen LogP contribution in [0.3, 0.4) is 0 Å². The molecule has 1 rings (SSSR count). The average Bonchev–Trinajstić information content (AvgIpc) is 2.34. The molecule has 8 heteroatoms. The molecule has 98 valence electrons. The molecule has 0 radical (unpaired) electrons. The van der Waals surface area contributed by atoms with Crippen LogP contribution >= 0.6 is 0 Å². The van der Waals surface area contributed by atoms with Gasteiger partial charge in [-0.15, -0.1) is 0 Å². The Labute approximate surface area is 104 Å². The second-order valence-electron chi connectivity index (χ2n) is 3.68. The van der Waals surface area contributed by atoms with Crippen LogP contribution in [0.1, 0.15) is 0 Å². The minimum Gasteiger partial charge on any atom is -0.376 e. The topological polar surface area (TPSA) is 100 Å². The number of nitro groups is 1. The van der Waals surface area contributed by atoms with E-state index in [1.165, 1.54) is 11.1 Å². The number of aromatic nitrogens is 1. The number of urea groups is 1. The summed E-state index contributed by atoms with van der Waals surface area (Å²) in [6, 6.07) is 2.96. The number of carbonyl (C=O) groups is 1. The van der Waals surface area contributed by atoms with E-state index < -0.39 is 4.92 Å². The summed E-state index contributed by atoms with van der Waals surface area (Å²) in [4.78, 5) is 26.4. The minimum atomic E-state index is -0.555. The molecule has 8 nitrogen and oxygen atoms in total. The number of hydrogen-bond acceptors (Lipinski definition) is 5. The Bertz CT molecular complexity index is 435. The maximum absolute atomic E-state index is 11.2. The van der Waals surface area contributed by atoms with Gasteiger partial charge in [0.15, 0.2) is 0 Å². The molecule has 0 unspecified atom stereocenters. The summed E-state index contributed by atoms with van der Waals surface area (Å²) in [6.45, 7) is 0.745. The highest BCUT2D eigenvalue weighted by Crippen LogP contribution is 2.19. The smallest absolute Gasteiger partial charge is 0.376 e. The van der Waals surface area contributed by atoms with Gasteiger partial charge in [0.25, 0.3) is 0 Å². The number of anilines is 1. The van der Waals surface area contributed by atoms with Crippen molar-refractivity contribution in [3.63, 3.8) is 0 Å². The van der Waals surface area contributed by atoms with Crippen molar-refractivity contribution in [3.8, 4) is 0 Å². The molecule has 1 aromatic heterocycles. The molecular formula is C10H15N5O3. The maximum atomic E-state index is 11.2. The molecule has 0 fully saturated rings. The van der Waals surface area contributed by atoms with E-state index in [1.54, 1.807) is 26.2 Å². The largest absolute Gasteiger partial charge is 0.386 e. The molecule has 0 aliphatic rings. The Hall–Kier alpha value is -2.38. The van der Waals surface area contributed by atoms with Gasteiger partial charge in [0.2, 0.25) is 0 Å². The number of amides is 2. The zero-order valence-electron chi connectivity index (χ0n) is 10.2. The Morgan fingerprint density at radius 2 is 2.22 bits per heavy atom. The third-order valence-electron chi connectivity index (χ3n) is 2.08. The summed E-state index contributed by atoms with van der Waals surface area (Å²) >= 11 is 0. The highest BCUT2D eigenvalue weighted by molar-refractivity contribution is 5.73. The van der Waals surface area contributed by atoms with E-state index in [0.29, 0.717) is 18.8 Å². The quantitative estimate of drug-likeness (QED) is 0.456. The SMILES string of the molecule is CN(C)C(=O)NCCNc1cccnc1[N+](=O)[O-]. The van der Waals surface area contributed by atoms with Crippen molar-refractivity contribution in [2.75, 3.05) is 32.5 Å². The lowest BCUT2D eigenvalue weighted by molar-refractivity contribution is -0.388. The number of pyridine rings is 1. The Morgan fingerprint density at radius 3 is 2.83 bits per heavy atom. The van der Waals surface area contributed by atoms with Gasteiger partial charge < -0.3 is 25.6 Å². The highest BCUT2D eigenvalue weighted by Gasteiger charge is 2.13. The molecule has 18 heavy (non-hydrogen) atoms. The van der Waals surface area contributed by atoms with E-state index in [2.05, 4.69) is 15.6 Å². The molecule has 0 aliphatic heterocycles. The van der Waals surface area contributed by atoms with Crippen molar-refractivity contribution < 1.29 is 9.72 Å². The van der Waals surface area contributed by atoms with Gasteiger partial charge in [0.05, 0.1) is 0 Å². The summed E-state index contributed by atoms with van der Waals surface area (Å²) < 4.78 is 0. The van der Waals surface area contributed by atoms with Crippen LogP contribution in [0.2, 0.25) is 0 Å². The normalized spacial score (nSPS) is 9.67. The molecule has 2 N–H and O–H groups in total. The van der Waals surface area contributed by atoms with Crippen molar-refractivity contribution in [3.05, 3.63) is 28.4 Å². The Kier molecular flexibility index (Phi) is 4.85. The van der Waals surface area contributed by atoms with Crippen molar-refractivity contribution in [1.29, 1.82) is 0 Å². The fourth-order valence-corrected chi connectivity index (χ4v) is 1.21. The number of nitrogens with one attached hydrogen (secondary N) is 2. The van der Waals surface area contributed by atoms with E-state index in [4.69, 9.17) is 0 Å². The molecule has 0 aliphatic carbocycles. The van der Waals surface area contributed by atoms with Crippen LogP contribution in [0.15, 0.2) is 18.3 Å². The van der Waals surface area contributed by atoms with E-state index in [9.17, 15) is 14.9 Å². The van der Waals surface area contributed by atoms with Crippen LogP contribution in [0, 0.1) is 10.1 Å². The fourth-order valence-electron chi connectivity index (χ4n) is 1.21. The summed E-state index contributed by atoms with van der Waals surface area (Å²) in [5.41, 5.74) is 0.335. The summed E-state index contributed by atoms with van der Waals surface area (Å²) in [5.74, 6) is -0.226. The average molecular weight is 253 g/mol. The van der Waals surface area contributed by atoms with Crippen molar-refractivity contribution >= 4 is 17.5 Å². The molecule has 0 aromatic carbocycles. The fraction of sp³-hybridized carbons (Fsp3) is 0.400. The lowest BCUT2D eigenvalue weighted by atomic mass is 10.4. The van der Waals surface area contributed by atoms with Crippen LogP contribution in [-0.2, 0) is 0 Å². The van der Waals surface area contributed by atoms with Crippen LogP contribution < -0.4 is 10.6 Å². The monoisotopic (exact) mass is 253 g/mol. The third kappa shape index (κ3) is 3.89. The van der Waals surface area contributed by atoms with E-state index >= 15 is 0 Å².